The predicted molar refractivity (Wildman–Crippen MR) is 121 cm³/mol. The first-order chi connectivity index (χ1) is 17.0. The van der Waals surface area contributed by atoms with Crippen LogP contribution in [0, 0.1) is 0 Å². The second-order valence-corrected chi connectivity index (χ2v) is 10.5. The molecule has 208 valence electrons. The Morgan fingerprint density at radius 1 is 0.972 bits per heavy atom. The molecule has 1 aromatic rings. The highest BCUT2D eigenvalue weighted by Crippen LogP contribution is 2.50. The summed E-state index contributed by atoms with van der Waals surface area (Å²) in [6.45, 7) is -1.33. The minimum atomic E-state index is -4.73. The molecule has 0 saturated carbocycles. The van der Waals surface area contributed by atoms with Gasteiger partial charge in [0.2, 0.25) is 0 Å². The number of nitrogens with zero attached hydrogens (tertiary/aromatic N) is 1. The van der Waals surface area contributed by atoms with E-state index in [1.165, 1.54) is 7.11 Å². The van der Waals surface area contributed by atoms with Gasteiger partial charge in [0.15, 0.2) is 6.23 Å². The summed E-state index contributed by atoms with van der Waals surface area (Å²) in [6, 6.07) is 1.04. The van der Waals surface area contributed by atoms with Crippen molar-refractivity contribution >= 4 is 15.6 Å². The Morgan fingerprint density at radius 3 is 2.14 bits per heavy atom. The number of nitrogens with one attached hydrogen (secondary N) is 1. The minimum Gasteiger partial charge on any atom is -0.396 e. The van der Waals surface area contributed by atoms with Crippen LogP contribution in [0.15, 0.2) is 21.9 Å². The first-order valence-electron chi connectivity index (χ1n) is 11.0. The summed E-state index contributed by atoms with van der Waals surface area (Å²) in [4.78, 5) is 45.9. The van der Waals surface area contributed by atoms with Gasteiger partial charge in [0, 0.05) is 32.6 Å². The molecular formula is C18H32N2O14P2. The summed E-state index contributed by atoms with van der Waals surface area (Å²) in [5, 5.41) is 17.6. The SMILES string of the molecule is COC1[C@@H](OP(=O)(O)OCCCCO)[C@@H](COP(=O)(O)OCCCCO)O[C@H]1n1ccc(=O)[nH]c1=O. The molecule has 0 bridgehead atoms. The van der Waals surface area contributed by atoms with Gasteiger partial charge in [-0.3, -0.25) is 32.4 Å². The lowest BCUT2D eigenvalue weighted by Crippen LogP contribution is -2.40. The third-order valence-electron chi connectivity index (χ3n) is 4.95. The fraction of sp³-hybridized carbons (Fsp3) is 0.778. The molecule has 1 fully saturated rings. The molecule has 1 saturated heterocycles. The number of aliphatic hydroxyl groups is 2. The lowest BCUT2D eigenvalue weighted by atomic mass is 10.1. The van der Waals surface area contributed by atoms with Crippen LogP contribution in [-0.2, 0) is 36.7 Å². The van der Waals surface area contributed by atoms with Crippen molar-refractivity contribution in [1.82, 2.24) is 9.55 Å². The van der Waals surface area contributed by atoms with E-state index >= 15 is 0 Å². The Balaban J connectivity index is 2.22. The average Bonchev–Trinajstić information content (AvgIpc) is 3.14. The van der Waals surface area contributed by atoms with Gasteiger partial charge in [-0.1, -0.05) is 0 Å². The molecule has 18 heteroatoms. The fourth-order valence-corrected chi connectivity index (χ4v) is 5.00. The number of hydrogen-bond donors (Lipinski definition) is 5. The highest BCUT2D eigenvalue weighted by Gasteiger charge is 2.51. The van der Waals surface area contributed by atoms with Crippen LogP contribution >= 0.6 is 15.6 Å². The average molecular weight is 562 g/mol. The van der Waals surface area contributed by atoms with Gasteiger partial charge in [-0.05, 0) is 25.7 Å². The number of H-pyrrole nitrogens is 1. The molecule has 0 radical (unpaired) electrons. The zero-order valence-corrected chi connectivity index (χ0v) is 21.3. The molecule has 0 aromatic carbocycles. The number of aromatic amines is 1. The van der Waals surface area contributed by atoms with E-state index in [1.807, 2.05) is 4.98 Å². The highest BCUT2D eigenvalue weighted by atomic mass is 31.2. The van der Waals surface area contributed by atoms with Crippen LogP contribution < -0.4 is 11.2 Å². The number of phosphoric acid groups is 2. The maximum Gasteiger partial charge on any atom is 0.472 e. The molecule has 5 N–H and O–H groups in total. The zero-order valence-electron chi connectivity index (χ0n) is 19.5. The van der Waals surface area contributed by atoms with Crippen LogP contribution in [0.3, 0.4) is 0 Å². The van der Waals surface area contributed by atoms with E-state index in [1.54, 1.807) is 0 Å². The molecule has 1 aliphatic rings. The van der Waals surface area contributed by atoms with E-state index in [-0.39, 0.29) is 32.8 Å². The topological polar surface area (TPSA) is 225 Å². The van der Waals surface area contributed by atoms with Crippen molar-refractivity contribution in [3.63, 3.8) is 0 Å². The van der Waals surface area contributed by atoms with Crippen molar-refractivity contribution in [2.45, 2.75) is 50.2 Å². The Morgan fingerprint density at radius 2 is 1.58 bits per heavy atom. The quantitative estimate of drug-likeness (QED) is 0.121. The second-order valence-electron chi connectivity index (χ2n) is 7.61. The Hall–Kier alpha value is -1.26. The Kier molecular flexibility index (Phi) is 12.6. The lowest BCUT2D eigenvalue weighted by molar-refractivity contribution is -0.0626. The van der Waals surface area contributed by atoms with Crippen molar-refractivity contribution in [1.29, 1.82) is 0 Å². The first-order valence-corrected chi connectivity index (χ1v) is 14.0. The molecule has 0 amide bonds. The number of aromatic nitrogens is 2. The van der Waals surface area contributed by atoms with Gasteiger partial charge < -0.3 is 29.5 Å². The van der Waals surface area contributed by atoms with Gasteiger partial charge in [0.05, 0.1) is 19.8 Å². The van der Waals surface area contributed by atoms with Crippen LogP contribution in [0.1, 0.15) is 31.9 Å². The van der Waals surface area contributed by atoms with E-state index in [9.17, 15) is 28.5 Å². The number of phosphoric ester groups is 2. The van der Waals surface area contributed by atoms with E-state index in [0.717, 1.165) is 16.8 Å². The molecule has 3 unspecified atom stereocenters. The molecule has 1 aliphatic heterocycles. The van der Waals surface area contributed by atoms with Crippen LogP contribution in [-0.4, -0.2) is 88.0 Å². The number of aliphatic hydroxyl groups excluding tert-OH is 2. The normalized spacial score (nSPS) is 25.5. The second kappa shape index (κ2) is 14.6. The summed E-state index contributed by atoms with van der Waals surface area (Å²) >= 11 is 0. The molecule has 16 nitrogen and oxygen atoms in total. The summed E-state index contributed by atoms with van der Waals surface area (Å²) < 4.78 is 56.7. The third kappa shape index (κ3) is 9.56. The predicted octanol–water partition coefficient (Wildman–Crippen LogP) is -0.370. The van der Waals surface area contributed by atoms with Gasteiger partial charge in [-0.15, -0.1) is 0 Å². The van der Waals surface area contributed by atoms with Crippen molar-refractivity contribution in [2.75, 3.05) is 40.1 Å². The number of hydrogen-bond acceptors (Lipinski definition) is 12. The molecule has 2 heterocycles. The Labute approximate surface area is 205 Å². The highest BCUT2D eigenvalue weighted by molar-refractivity contribution is 7.47. The van der Waals surface area contributed by atoms with E-state index in [2.05, 4.69) is 0 Å². The van der Waals surface area contributed by atoms with Crippen LogP contribution in [0.2, 0.25) is 0 Å². The summed E-state index contributed by atoms with van der Waals surface area (Å²) in [5.41, 5.74) is -1.55. The first kappa shape index (κ1) is 31.0. The summed E-state index contributed by atoms with van der Waals surface area (Å²) in [6.07, 6.45) is -2.96. The van der Waals surface area contributed by atoms with Crippen molar-refractivity contribution in [2.24, 2.45) is 0 Å². The largest absolute Gasteiger partial charge is 0.472 e. The van der Waals surface area contributed by atoms with E-state index < -0.39 is 58.0 Å². The lowest BCUT2D eigenvalue weighted by Gasteiger charge is -2.25. The smallest absolute Gasteiger partial charge is 0.396 e. The standard InChI is InChI=1S/C18H32N2O14P2/c1-29-16-15(34-36(27,28)31-11-5-3-9-22)13(12-32-35(25,26)30-10-4-2-8-21)33-17(16)20-7-6-14(23)19-18(20)24/h6-7,13,15-17,21-22H,2-5,8-12H2,1H3,(H,25,26)(H,27,28)(H,19,23,24)/t13-,15+,16?,17-/m1/s1. The third-order valence-corrected chi connectivity index (χ3v) is 6.96. The van der Waals surface area contributed by atoms with Crippen LogP contribution in [0.4, 0.5) is 0 Å². The van der Waals surface area contributed by atoms with E-state index in [4.69, 9.17) is 37.8 Å². The van der Waals surface area contributed by atoms with E-state index in [0.29, 0.717) is 19.3 Å². The molecule has 6 atom stereocenters. The van der Waals surface area contributed by atoms with Gasteiger partial charge in [-0.25, -0.2) is 13.9 Å². The maximum atomic E-state index is 12.5. The molecule has 0 aliphatic carbocycles. The zero-order chi connectivity index (χ0) is 26.8. The maximum absolute atomic E-state index is 12.5. The van der Waals surface area contributed by atoms with Gasteiger partial charge >= 0.3 is 21.3 Å². The van der Waals surface area contributed by atoms with Crippen LogP contribution in [0.5, 0.6) is 0 Å². The van der Waals surface area contributed by atoms with Crippen molar-refractivity contribution in [3.05, 3.63) is 33.1 Å². The fourth-order valence-electron chi connectivity index (χ4n) is 3.25. The Bertz CT molecular complexity index is 1020. The van der Waals surface area contributed by atoms with Crippen LogP contribution in [0.25, 0.3) is 0 Å². The van der Waals surface area contributed by atoms with Crippen molar-refractivity contribution in [3.8, 4) is 0 Å². The molecule has 2 rings (SSSR count). The summed E-state index contributed by atoms with van der Waals surface area (Å²) in [5.74, 6) is 0. The van der Waals surface area contributed by atoms with Gasteiger partial charge in [0.1, 0.15) is 18.3 Å². The molecule has 1 aromatic heterocycles. The number of methoxy groups -OCH3 is 1. The molecule has 36 heavy (non-hydrogen) atoms. The monoisotopic (exact) mass is 562 g/mol. The van der Waals surface area contributed by atoms with Gasteiger partial charge in [-0.2, -0.15) is 0 Å². The summed E-state index contributed by atoms with van der Waals surface area (Å²) in [7, 11) is -8.10. The number of rotatable bonds is 17. The number of ether oxygens (including phenoxy) is 2. The molecular weight excluding hydrogens is 530 g/mol. The van der Waals surface area contributed by atoms with Crippen molar-refractivity contribution < 1.29 is 56.7 Å². The minimum absolute atomic E-state index is 0.123. The van der Waals surface area contributed by atoms with Gasteiger partial charge in [0.25, 0.3) is 5.56 Å². The molecule has 0 spiro atoms. The number of unbranched alkanes of at least 4 members (excludes halogenated alkanes) is 2.